The molecule has 19 heavy (non-hydrogen) atoms. The molecule has 1 N–H and O–H groups in total. The lowest BCUT2D eigenvalue weighted by Gasteiger charge is -2.09. The maximum atomic E-state index is 11.8. The third kappa shape index (κ3) is 2.93. The van der Waals surface area contributed by atoms with Crippen LogP contribution in [-0.2, 0) is 16.0 Å². The first-order valence-corrected chi connectivity index (χ1v) is 6.62. The van der Waals surface area contributed by atoms with E-state index in [2.05, 4.69) is 10.3 Å². The van der Waals surface area contributed by atoms with Crippen molar-refractivity contribution >= 4 is 11.6 Å². The van der Waals surface area contributed by atoms with Gasteiger partial charge in [0.15, 0.2) is 0 Å². The summed E-state index contributed by atoms with van der Waals surface area (Å²) in [6.45, 7) is 1.42. The van der Waals surface area contributed by atoms with Crippen LogP contribution in [0.3, 0.4) is 0 Å². The monoisotopic (exact) mass is 259 g/mol. The van der Waals surface area contributed by atoms with Gasteiger partial charge < -0.3 is 14.5 Å². The maximum absolute atomic E-state index is 11.8. The number of nitrogens with zero attached hydrogens (tertiary/aromatic N) is 2. The number of pyridine rings is 1. The fourth-order valence-corrected chi connectivity index (χ4v) is 2.33. The van der Waals surface area contributed by atoms with E-state index >= 15 is 0 Å². The number of aromatic nitrogens is 2. The summed E-state index contributed by atoms with van der Waals surface area (Å²) in [5.41, 5.74) is 1.65. The van der Waals surface area contributed by atoms with Crippen molar-refractivity contribution in [1.82, 2.24) is 14.7 Å². The van der Waals surface area contributed by atoms with Gasteiger partial charge in [-0.2, -0.15) is 0 Å². The van der Waals surface area contributed by atoms with Gasteiger partial charge in [0.1, 0.15) is 5.65 Å². The van der Waals surface area contributed by atoms with E-state index in [1.54, 1.807) is 0 Å². The molecule has 1 amide bonds. The number of carbonyl (C=O) groups excluding carboxylic acids is 1. The minimum Gasteiger partial charge on any atom is -0.376 e. The Balaban J connectivity index is 1.56. The normalized spacial score (nSPS) is 18.8. The number of amides is 1. The number of hydrogen-bond donors (Lipinski definition) is 1. The van der Waals surface area contributed by atoms with Gasteiger partial charge in [-0.05, 0) is 25.0 Å². The minimum absolute atomic E-state index is 0.00101. The molecule has 1 atom stereocenters. The summed E-state index contributed by atoms with van der Waals surface area (Å²) in [5, 5.41) is 2.90. The zero-order valence-electron chi connectivity index (χ0n) is 10.7. The zero-order chi connectivity index (χ0) is 13.1. The van der Waals surface area contributed by atoms with Gasteiger partial charge in [0.2, 0.25) is 5.91 Å². The van der Waals surface area contributed by atoms with Crippen molar-refractivity contribution < 1.29 is 9.53 Å². The van der Waals surface area contributed by atoms with Gasteiger partial charge in [0, 0.05) is 25.5 Å². The van der Waals surface area contributed by atoms with Gasteiger partial charge in [-0.15, -0.1) is 0 Å². The summed E-state index contributed by atoms with van der Waals surface area (Å²) >= 11 is 0. The van der Waals surface area contributed by atoms with Crippen LogP contribution in [0.1, 0.15) is 18.5 Å². The molecule has 3 rings (SSSR count). The minimum atomic E-state index is -0.00101. The van der Waals surface area contributed by atoms with E-state index in [-0.39, 0.29) is 12.0 Å². The molecule has 100 valence electrons. The Morgan fingerprint density at radius 1 is 1.53 bits per heavy atom. The lowest BCUT2D eigenvalue weighted by atomic mass is 10.2. The van der Waals surface area contributed by atoms with E-state index in [4.69, 9.17) is 4.74 Å². The van der Waals surface area contributed by atoms with E-state index in [0.717, 1.165) is 30.8 Å². The highest BCUT2D eigenvalue weighted by atomic mass is 16.5. The molecule has 5 heteroatoms. The molecule has 1 aliphatic heterocycles. The second kappa shape index (κ2) is 5.40. The molecule has 0 bridgehead atoms. The molecule has 0 radical (unpaired) electrons. The number of rotatable bonds is 4. The lowest BCUT2D eigenvalue weighted by molar-refractivity contribution is -0.121. The summed E-state index contributed by atoms with van der Waals surface area (Å²) in [4.78, 5) is 16.2. The van der Waals surface area contributed by atoms with E-state index in [9.17, 15) is 4.79 Å². The molecule has 3 heterocycles. The second-order valence-corrected chi connectivity index (χ2v) is 4.81. The van der Waals surface area contributed by atoms with E-state index in [1.165, 1.54) is 0 Å². The third-order valence-corrected chi connectivity index (χ3v) is 3.31. The van der Waals surface area contributed by atoms with Crippen LogP contribution in [0.5, 0.6) is 0 Å². The first kappa shape index (κ1) is 12.2. The Morgan fingerprint density at radius 3 is 3.26 bits per heavy atom. The van der Waals surface area contributed by atoms with Crippen molar-refractivity contribution in [2.45, 2.75) is 25.4 Å². The number of hydrogen-bond acceptors (Lipinski definition) is 3. The molecular weight excluding hydrogens is 242 g/mol. The van der Waals surface area contributed by atoms with Gasteiger partial charge >= 0.3 is 0 Å². The van der Waals surface area contributed by atoms with Crippen molar-refractivity contribution in [3.8, 4) is 0 Å². The number of nitrogens with one attached hydrogen (secondary N) is 1. The van der Waals surface area contributed by atoms with Crippen molar-refractivity contribution in [2.75, 3.05) is 13.2 Å². The number of carbonyl (C=O) groups is 1. The number of fused-ring (bicyclic) bond motifs is 1. The number of imidazole rings is 1. The van der Waals surface area contributed by atoms with Crippen LogP contribution in [-0.4, -0.2) is 34.5 Å². The Hall–Kier alpha value is -1.88. The van der Waals surface area contributed by atoms with Crippen molar-refractivity contribution in [1.29, 1.82) is 0 Å². The van der Waals surface area contributed by atoms with Crippen LogP contribution in [0.25, 0.3) is 5.65 Å². The predicted octanol–water partition coefficient (Wildman–Crippen LogP) is 1.17. The number of ether oxygens (including phenoxy) is 1. The lowest BCUT2D eigenvalue weighted by Crippen LogP contribution is -2.32. The van der Waals surface area contributed by atoms with Crippen LogP contribution in [0.4, 0.5) is 0 Å². The standard InChI is InChI=1S/C14H17N3O2/c18-14(15-9-12-4-3-7-19-12)8-11-10-17-6-2-1-5-13(17)16-11/h1-2,5-6,10,12H,3-4,7-9H2,(H,15,18)/t12-/m1/s1. The van der Waals surface area contributed by atoms with Crippen molar-refractivity contribution in [2.24, 2.45) is 0 Å². The Labute approximate surface area is 111 Å². The van der Waals surface area contributed by atoms with Crippen LogP contribution in [0.15, 0.2) is 30.6 Å². The van der Waals surface area contributed by atoms with Crippen LogP contribution >= 0.6 is 0 Å². The molecular formula is C14H17N3O2. The third-order valence-electron chi connectivity index (χ3n) is 3.31. The Morgan fingerprint density at radius 2 is 2.47 bits per heavy atom. The highest BCUT2D eigenvalue weighted by Crippen LogP contribution is 2.10. The van der Waals surface area contributed by atoms with Crippen molar-refractivity contribution in [3.05, 3.63) is 36.3 Å². The van der Waals surface area contributed by atoms with E-state index in [0.29, 0.717) is 13.0 Å². The molecule has 0 aromatic carbocycles. The molecule has 2 aromatic heterocycles. The highest BCUT2D eigenvalue weighted by Gasteiger charge is 2.16. The summed E-state index contributed by atoms with van der Waals surface area (Å²) in [7, 11) is 0. The smallest absolute Gasteiger partial charge is 0.226 e. The summed E-state index contributed by atoms with van der Waals surface area (Å²) in [6.07, 6.45) is 6.44. The molecule has 2 aromatic rings. The van der Waals surface area contributed by atoms with Gasteiger partial charge in [-0.1, -0.05) is 6.07 Å². The molecule has 0 saturated carbocycles. The average Bonchev–Trinajstić information content (AvgIpc) is 3.04. The Bertz CT molecular complexity index is 540. The first-order valence-electron chi connectivity index (χ1n) is 6.62. The molecule has 5 nitrogen and oxygen atoms in total. The maximum Gasteiger partial charge on any atom is 0.226 e. The highest BCUT2D eigenvalue weighted by molar-refractivity contribution is 5.78. The fourth-order valence-electron chi connectivity index (χ4n) is 2.33. The van der Waals surface area contributed by atoms with Gasteiger partial charge in [0.25, 0.3) is 0 Å². The van der Waals surface area contributed by atoms with Crippen LogP contribution in [0.2, 0.25) is 0 Å². The largest absolute Gasteiger partial charge is 0.376 e. The average molecular weight is 259 g/mol. The van der Waals surface area contributed by atoms with Gasteiger partial charge in [-0.3, -0.25) is 4.79 Å². The topological polar surface area (TPSA) is 55.6 Å². The quantitative estimate of drug-likeness (QED) is 0.896. The molecule has 0 spiro atoms. The fraction of sp³-hybridized carbons (Fsp3) is 0.429. The van der Waals surface area contributed by atoms with Crippen molar-refractivity contribution in [3.63, 3.8) is 0 Å². The summed E-state index contributed by atoms with van der Waals surface area (Å²) in [6, 6.07) is 5.80. The molecule has 1 saturated heterocycles. The summed E-state index contributed by atoms with van der Waals surface area (Å²) < 4.78 is 7.39. The molecule has 0 unspecified atom stereocenters. The zero-order valence-corrected chi connectivity index (χ0v) is 10.7. The van der Waals surface area contributed by atoms with E-state index < -0.39 is 0 Å². The SMILES string of the molecule is O=C(Cc1cn2ccccc2n1)NC[C@H]1CCCO1. The first-order chi connectivity index (χ1) is 9.31. The van der Waals surface area contributed by atoms with Gasteiger partial charge in [-0.25, -0.2) is 4.98 Å². The second-order valence-electron chi connectivity index (χ2n) is 4.81. The molecule has 1 aliphatic rings. The van der Waals surface area contributed by atoms with Crippen LogP contribution < -0.4 is 5.32 Å². The molecule has 1 fully saturated rings. The summed E-state index contributed by atoms with van der Waals surface area (Å²) in [5.74, 6) is -0.00101. The van der Waals surface area contributed by atoms with Crippen LogP contribution in [0, 0.1) is 0 Å². The predicted molar refractivity (Wildman–Crippen MR) is 70.9 cm³/mol. The molecule has 0 aliphatic carbocycles. The van der Waals surface area contributed by atoms with E-state index in [1.807, 2.05) is 35.0 Å². The van der Waals surface area contributed by atoms with Gasteiger partial charge in [0.05, 0.1) is 18.2 Å². The Kier molecular flexibility index (Phi) is 3.46.